The fourth-order valence-electron chi connectivity index (χ4n) is 4.96. The Morgan fingerprint density at radius 1 is 1.08 bits per heavy atom. The van der Waals surface area contributed by atoms with Crippen LogP contribution < -0.4 is 19.8 Å². The summed E-state index contributed by atoms with van der Waals surface area (Å²) >= 11 is 0. The van der Waals surface area contributed by atoms with Crippen molar-refractivity contribution in [3.05, 3.63) is 92.8 Å². The minimum atomic E-state index is -0.635. The van der Waals surface area contributed by atoms with Crippen LogP contribution in [0.5, 0.6) is 23.0 Å². The van der Waals surface area contributed by atoms with Crippen LogP contribution in [0.25, 0.3) is 11.0 Å². The van der Waals surface area contributed by atoms with Crippen LogP contribution in [0.4, 0.5) is 0 Å². The number of aromatic hydroxyl groups is 1. The molecule has 0 amide bonds. The fourth-order valence-corrected chi connectivity index (χ4v) is 4.96. The number of ketones is 1. The second-order valence-electron chi connectivity index (χ2n) is 9.20. The molecule has 0 fully saturated rings. The van der Waals surface area contributed by atoms with Crippen molar-refractivity contribution in [2.45, 2.75) is 32.6 Å². The molecule has 194 valence electrons. The van der Waals surface area contributed by atoms with Crippen molar-refractivity contribution >= 4 is 22.7 Å². The summed E-state index contributed by atoms with van der Waals surface area (Å²) in [5, 5.41) is 11.2. The van der Waals surface area contributed by atoms with Gasteiger partial charge in [0.2, 0.25) is 0 Å². The van der Waals surface area contributed by atoms with Gasteiger partial charge in [-0.1, -0.05) is 36.4 Å². The zero-order chi connectivity index (χ0) is 27.0. The fraction of sp³-hybridized carbons (Fsp3) is 0.233. The highest BCUT2D eigenvalue weighted by Gasteiger charge is 2.37. The highest BCUT2D eigenvalue weighted by atomic mass is 16.5. The average molecular weight is 515 g/mol. The molecule has 0 saturated carbocycles. The molecule has 4 aromatic rings. The van der Waals surface area contributed by atoms with Gasteiger partial charge in [0.15, 0.2) is 23.0 Å². The van der Waals surface area contributed by atoms with E-state index in [0.717, 1.165) is 12.0 Å². The molecule has 0 aliphatic carbocycles. The molecule has 1 N–H and O–H groups in total. The smallest absolute Gasteiger partial charge is 0.336 e. The molecule has 1 aliphatic rings. The van der Waals surface area contributed by atoms with E-state index in [0.29, 0.717) is 34.8 Å². The second kappa shape index (κ2) is 10.0. The predicted molar refractivity (Wildman–Crippen MR) is 140 cm³/mol. The largest absolute Gasteiger partial charge is 0.506 e. The molecule has 1 aliphatic heterocycles. The molecule has 1 atom stereocenters. The molecule has 38 heavy (non-hydrogen) atoms. The number of Topliss-reactive ketones (excluding diaryl/α,β-unsaturated/α-hetero) is 1. The molecule has 0 unspecified atom stereocenters. The van der Waals surface area contributed by atoms with E-state index < -0.39 is 23.3 Å². The Bertz CT molecular complexity index is 1620. The molecular formula is C30H26O8. The summed E-state index contributed by atoms with van der Waals surface area (Å²) in [6, 6.07) is 16.5. The van der Waals surface area contributed by atoms with Gasteiger partial charge in [-0.05, 0) is 42.7 Å². The summed E-state index contributed by atoms with van der Waals surface area (Å²) in [4.78, 5) is 37.6. The van der Waals surface area contributed by atoms with Crippen molar-refractivity contribution in [3.63, 3.8) is 0 Å². The SMILES string of the molecule is COc1cc([C@@H]2CC(=O)Oc3c(C(C)=O)c(O)c4c(C)cc(=O)oc4c32)ccc1OCCc1ccccc1. The monoisotopic (exact) mass is 514 g/mol. The molecule has 0 bridgehead atoms. The van der Waals surface area contributed by atoms with Crippen LogP contribution in [0.15, 0.2) is 63.8 Å². The van der Waals surface area contributed by atoms with Gasteiger partial charge >= 0.3 is 11.6 Å². The lowest BCUT2D eigenvalue weighted by Gasteiger charge is -2.28. The zero-order valence-corrected chi connectivity index (χ0v) is 21.2. The van der Waals surface area contributed by atoms with Crippen molar-refractivity contribution in [3.8, 4) is 23.0 Å². The number of esters is 1. The number of hydrogen-bond acceptors (Lipinski definition) is 8. The number of aryl methyl sites for hydroxylation is 1. The van der Waals surface area contributed by atoms with Gasteiger partial charge in [0.05, 0.1) is 25.5 Å². The first-order valence-corrected chi connectivity index (χ1v) is 12.2. The minimum absolute atomic E-state index is 0.0702. The van der Waals surface area contributed by atoms with Crippen LogP contribution >= 0.6 is 0 Å². The van der Waals surface area contributed by atoms with Crippen LogP contribution in [0, 0.1) is 6.92 Å². The Morgan fingerprint density at radius 2 is 1.84 bits per heavy atom. The van der Waals surface area contributed by atoms with Gasteiger partial charge in [-0.3, -0.25) is 9.59 Å². The standard InChI is InChI=1S/C30H26O8/c1-16-13-23(32)37-29-25(16)28(34)26(17(2)31)30-27(29)20(15-24(33)38-30)19-9-10-21(22(14-19)35-3)36-12-11-18-7-5-4-6-8-18/h4-10,13-14,20,34H,11-12,15H2,1-3H3/t20-/m0/s1. The van der Waals surface area contributed by atoms with E-state index in [9.17, 15) is 19.5 Å². The Kier molecular flexibility index (Phi) is 6.63. The van der Waals surface area contributed by atoms with Crippen LogP contribution in [-0.4, -0.2) is 30.6 Å². The van der Waals surface area contributed by atoms with E-state index in [4.69, 9.17) is 18.6 Å². The van der Waals surface area contributed by atoms with Gasteiger partial charge < -0.3 is 23.7 Å². The summed E-state index contributed by atoms with van der Waals surface area (Å²) in [6.07, 6.45) is 0.647. The molecule has 0 radical (unpaired) electrons. The number of methoxy groups -OCH3 is 1. The number of fused-ring (bicyclic) bond motifs is 3. The number of phenolic OH excluding ortho intramolecular Hbond substituents is 1. The second-order valence-corrected chi connectivity index (χ2v) is 9.20. The maximum absolute atomic E-state index is 12.7. The molecule has 0 saturated heterocycles. The third kappa shape index (κ3) is 4.49. The maximum Gasteiger partial charge on any atom is 0.336 e. The number of benzene rings is 3. The topological polar surface area (TPSA) is 112 Å². The molecule has 5 rings (SSSR count). The first kappa shape index (κ1) is 25.1. The third-order valence-electron chi connectivity index (χ3n) is 6.72. The van der Waals surface area contributed by atoms with Crippen molar-refractivity contribution in [2.24, 2.45) is 0 Å². The summed E-state index contributed by atoms with van der Waals surface area (Å²) in [5.41, 5.74) is 1.93. The Morgan fingerprint density at radius 3 is 2.55 bits per heavy atom. The summed E-state index contributed by atoms with van der Waals surface area (Å²) < 4.78 is 22.6. The molecule has 2 heterocycles. The van der Waals surface area contributed by atoms with Crippen LogP contribution in [0.2, 0.25) is 0 Å². The number of hydrogen-bond donors (Lipinski definition) is 1. The Labute approximate surface area is 218 Å². The van der Waals surface area contributed by atoms with Gasteiger partial charge in [-0.25, -0.2) is 4.79 Å². The molecule has 8 heteroatoms. The molecule has 1 aromatic heterocycles. The highest BCUT2D eigenvalue weighted by molar-refractivity contribution is 6.09. The van der Waals surface area contributed by atoms with E-state index >= 15 is 0 Å². The normalized spacial score (nSPS) is 14.6. The van der Waals surface area contributed by atoms with Crippen molar-refractivity contribution in [2.75, 3.05) is 13.7 Å². The zero-order valence-electron chi connectivity index (χ0n) is 21.2. The van der Waals surface area contributed by atoms with Crippen LogP contribution in [0.1, 0.15) is 51.9 Å². The Hall–Kier alpha value is -4.59. The molecular weight excluding hydrogens is 488 g/mol. The lowest BCUT2D eigenvalue weighted by Crippen LogP contribution is -2.24. The summed E-state index contributed by atoms with van der Waals surface area (Å²) in [6.45, 7) is 3.36. The number of carbonyl (C=O) groups is 2. The summed E-state index contributed by atoms with van der Waals surface area (Å²) in [7, 11) is 1.52. The number of carbonyl (C=O) groups excluding carboxylic acids is 2. The van der Waals surface area contributed by atoms with Crippen LogP contribution in [-0.2, 0) is 11.2 Å². The van der Waals surface area contributed by atoms with Crippen molar-refractivity contribution in [1.82, 2.24) is 0 Å². The predicted octanol–water partition coefficient (Wildman–Crippen LogP) is 5.08. The number of rotatable bonds is 7. The quantitative estimate of drug-likeness (QED) is 0.157. The van der Waals surface area contributed by atoms with E-state index in [1.165, 1.54) is 20.1 Å². The molecule has 3 aromatic carbocycles. The highest BCUT2D eigenvalue weighted by Crippen LogP contribution is 2.50. The van der Waals surface area contributed by atoms with Gasteiger partial charge in [0.1, 0.15) is 16.9 Å². The molecule has 8 nitrogen and oxygen atoms in total. The molecule has 0 spiro atoms. The summed E-state index contributed by atoms with van der Waals surface area (Å²) in [5.74, 6) is -1.19. The first-order chi connectivity index (χ1) is 18.3. The van der Waals surface area contributed by atoms with E-state index in [1.54, 1.807) is 25.1 Å². The van der Waals surface area contributed by atoms with Crippen molar-refractivity contribution in [1.29, 1.82) is 0 Å². The van der Waals surface area contributed by atoms with E-state index in [2.05, 4.69) is 0 Å². The van der Waals surface area contributed by atoms with Gasteiger partial charge in [0, 0.05) is 24.0 Å². The van der Waals surface area contributed by atoms with E-state index in [1.807, 2.05) is 30.3 Å². The minimum Gasteiger partial charge on any atom is -0.506 e. The maximum atomic E-state index is 12.7. The third-order valence-corrected chi connectivity index (χ3v) is 6.72. The Balaban J connectivity index is 1.60. The van der Waals surface area contributed by atoms with Gasteiger partial charge in [-0.2, -0.15) is 0 Å². The first-order valence-electron chi connectivity index (χ1n) is 12.2. The lowest BCUT2D eigenvalue weighted by atomic mass is 9.82. The number of ether oxygens (including phenoxy) is 3. The van der Waals surface area contributed by atoms with Gasteiger partial charge in [-0.15, -0.1) is 0 Å². The van der Waals surface area contributed by atoms with Gasteiger partial charge in [0.25, 0.3) is 0 Å². The number of phenols is 1. The lowest BCUT2D eigenvalue weighted by molar-refractivity contribution is -0.135. The van der Waals surface area contributed by atoms with E-state index in [-0.39, 0.29) is 34.5 Å². The van der Waals surface area contributed by atoms with Crippen LogP contribution in [0.3, 0.4) is 0 Å². The van der Waals surface area contributed by atoms with Crippen molar-refractivity contribution < 1.29 is 33.3 Å². The average Bonchev–Trinajstić information content (AvgIpc) is 2.88.